The van der Waals surface area contributed by atoms with Crippen LogP contribution < -0.4 is 5.32 Å². The van der Waals surface area contributed by atoms with Gasteiger partial charge in [-0.25, -0.2) is 14.4 Å². The SMILES string of the molecule is O=C1CC[C@@](CCCCCC(=O)c2ccon2)(c2ncc(-c3ccc(-c4ncco4)cc3F)[nH]2)N1. The van der Waals surface area contributed by atoms with Crippen LogP contribution in [0, 0.1) is 5.82 Å². The molecule has 0 aliphatic carbocycles. The Morgan fingerprint density at radius 2 is 2.06 bits per heavy atom. The summed E-state index contributed by atoms with van der Waals surface area (Å²) in [5, 5.41) is 6.75. The minimum atomic E-state index is -0.639. The van der Waals surface area contributed by atoms with E-state index < -0.39 is 11.4 Å². The third-order valence-electron chi connectivity index (χ3n) is 6.36. The number of nitrogens with zero attached hydrogens (tertiary/aromatic N) is 3. The van der Waals surface area contributed by atoms with E-state index in [2.05, 4.69) is 25.4 Å². The Labute approximate surface area is 200 Å². The van der Waals surface area contributed by atoms with E-state index in [-0.39, 0.29) is 11.7 Å². The van der Waals surface area contributed by atoms with Crippen LogP contribution in [-0.2, 0) is 10.3 Å². The lowest BCUT2D eigenvalue weighted by Gasteiger charge is -2.27. The van der Waals surface area contributed by atoms with Gasteiger partial charge in [-0.05, 0) is 37.5 Å². The van der Waals surface area contributed by atoms with Gasteiger partial charge in [-0.3, -0.25) is 9.59 Å². The monoisotopic (exact) mass is 477 g/mol. The Bertz CT molecular complexity index is 1320. The van der Waals surface area contributed by atoms with Gasteiger partial charge in [-0.1, -0.05) is 18.0 Å². The summed E-state index contributed by atoms with van der Waals surface area (Å²) in [6, 6.07) is 6.31. The fourth-order valence-corrected chi connectivity index (χ4v) is 4.51. The Morgan fingerprint density at radius 3 is 2.77 bits per heavy atom. The van der Waals surface area contributed by atoms with E-state index >= 15 is 0 Å². The van der Waals surface area contributed by atoms with Gasteiger partial charge >= 0.3 is 0 Å². The summed E-state index contributed by atoms with van der Waals surface area (Å²) in [6.45, 7) is 0. The highest BCUT2D eigenvalue weighted by Crippen LogP contribution is 2.36. The van der Waals surface area contributed by atoms with Gasteiger partial charge in [0.05, 0.1) is 23.6 Å². The van der Waals surface area contributed by atoms with Gasteiger partial charge in [0, 0.05) is 30.0 Å². The van der Waals surface area contributed by atoms with Crippen molar-refractivity contribution < 1.29 is 22.9 Å². The van der Waals surface area contributed by atoms with E-state index in [0.717, 1.165) is 12.8 Å². The van der Waals surface area contributed by atoms with E-state index in [1.54, 1.807) is 24.4 Å². The highest BCUT2D eigenvalue weighted by atomic mass is 19.1. The van der Waals surface area contributed by atoms with Crippen LogP contribution in [0.2, 0.25) is 0 Å². The number of H-pyrrole nitrogens is 1. The normalized spacial score (nSPS) is 17.6. The molecule has 0 spiro atoms. The van der Waals surface area contributed by atoms with Gasteiger partial charge in [-0.2, -0.15) is 0 Å². The summed E-state index contributed by atoms with van der Waals surface area (Å²) in [4.78, 5) is 36.0. The van der Waals surface area contributed by atoms with Crippen molar-refractivity contribution in [1.29, 1.82) is 0 Å². The van der Waals surface area contributed by atoms with Crippen LogP contribution in [0.3, 0.4) is 0 Å². The predicted molar refractivity (Wildman–Crippen MR) is 122 cm³/mol. The average molecular weight is 477 g/mol. The molecule has 0 radical (unpaired) electrons. The molecule has 1 aliphatic heterocycles. The van der Waals surface area contributed by atoms with Crippen molar-refractivity contribution in [3.05, 3.63) is 66.5 Å². The van der Waals surface area contributed by atoms with Gasteiger partial charge in [0.1, 0.15) is 29.9 Å². The van der Waals surface area contributed by atoms with Crippen LogP contribution in [0.5, 0.6) is 0 Å². The third-order valence-corrected chi connectivity index (χ3v) is 6.36. The number of aromatic amines is 1. The molecule has 1 aliphatic rings. The predicted octanol–water partition coefficient (Wildman–Crippen LogP) is 4.80. The number of halogens is 1. The Kier molecular flexibility index (Phi) is 6.26. The molecule has 1 amide bonds. The van der Waals surface area contributed by atoms with Crippen LogP contribution >= 0.6 is 0 Å². The molecule has 9 nitrogen and oxygen atoms in total. The first-order valence-electron chi connectivity index (χ1n) is 11.5. The molecular weight excluding hydrogens is 453 g/mol. The van der Waals surface area contributed by atoms with Crippen LogP contribution in [0.15, 0.2) is 58.1 Å². The summed E-state index contributed by atoms with van der Waals surface area (Å²) < 4.78 is 24.9. The zero-order valence-corrected chi connectivity index (χ0v) is 18.9. The largest absolute Gasteiger partial charge is 0.445 e. The molecular formula is C25H24FN5O4. The zero-order chi connectivity index (χ0) is 24.3. The first-order chi connectivity index (χ1) is 17.0. The molecule has 1 fully saturated rings. The summed E-state index contributed by atoms with van der Waals surface area (Å²) in [6.07, 6.45) is 10.3. The van der Waals surface area contributed by atoms with Crippen molar-refractivity contribution in [1.82, 2.24) is 25.4 Å². The number of Topliss-reactive ketones (excluding diaryl/α,β-unsaturated/α-hetero) is 1. The summed E-state index contributed by atoms with van der Waals surface area (Å²) in [5.41, 5.74) is 1.13. The third kappa shape index (κ3) is 4.77. The molecule has 0 bridgehead atoms. The topological polar surface area (TPSA) is 127 Å². The van der Waals surface area contributed by atoms with Crippen LogP contribution in [0.25, 0.3) is 22.7 Å². The van der Waals surface area contributed by atoms with Crippen LogP contribution in [-0.4, -0.2) is 31.8 Å². The van der Waals surface area contributed by atoms with E-state index in [9.17, 15) is 14.0 Å². The molecule has 5 rings (SSSR count). The smallest absolute Gasteiger partial charge is 0.225 e. The van der Waals surface area contributed by atoms with Crippen molar-refractivity contribution in [3.63, 3.8) is 0 Å². The van der Waals surface area contributed by atoms with E-state index in [1.165, 1.54) is 24.8 Å². The second kappa shape index (κ2) is 9.65. The average Bonchev–Trinajstić information content (AvgIpc) is 3.67. The van der Waals surface area contributed by atoms with Gasteiger partial charge in [0.25, 0.3) is 0 Å². The number of oxazole rings is 1. The first kappa shape index (κ1) is 22.7. The maximum Gasteiger partial charge on any atom is 0.225 e. The number of hydrogen-bond acceptors (Lipinski definition) is 7. The number of imidazole rings is 1. The molecule has 2 N–H and O–H groups in total. The number of rotatable bonds is 10. The van der Waals surface area contributed by atoms with Crippen molar-refractivity contribution >= 4 is 11.7 Å². The van der Waals surface area contributed by atoms with Crippen molar-refractivity contribution in [2.45, 2.75) is 50.5 Å². The fraction of sp³-hybridized carbons (Fsp3) is 0.320. The lowest BCUT2D eigenvalue weighted by molar-refractivity contribution is -0.120. The number of aromatic nitrogens is 4. The minimum Gasteiger partial charge on any atom is -0.445 e. The highest BCUT2D eigenvalue weighted by molar-refractivity contribution is 5.93. The lowest BCUT2D eigenvalue weighted by Crippen LogP contribution is -2.39. The molecule has 0 saturated carbocycles. The van der Waals surface area contributed by atoms with Gasteiger partial charge in [0.2, 0.25) is 11.8 Å². The number of nitrogens with one attached hydrogen (secondary N) is 2. The van der Waals surface area contributed by atoms with Crippen molar-refractivity contribution in [3.8, 4) is 22.7 Å². The second-order valence-electron chi connectivity index (χ2n) is 8.68. The molecule has 4 heterocycles. The van der Waals surface area contributed by atoms with Crippen LogP contribution in [0.4, 0.5) is 4.39 Å². The minimum absolute atomic E-state index is 0.0364. The molecule has 0 unspecified atom stereocenters. The van der Waals surface area contributed by atoms with Gasteiger partial charge in [-0.15, -0.1) is 0 Å². The highest BCUT2D eigenvalue weighted by Gasteiger charge is 2.41. The molecule has 180 valence electrons. The molecule has 1 aromatic carbocycles. The summed E-state index contributed by atoms with van der Waals surface area (Å²) in [7, 11) is 0. The zero-order valence-electron chi connectivity index (χ0n) is 18.9. The molecule has 4 aromatic rings. The maximum absolute atomic E-state index is 14.9. The van der Waals surface area contributed by atoms with Crippen LogP contribution in [0.1, 0.15) is 61.3 Å². The van der Waals surface area contributed by atoms with E-state index in [0.29, 0.717) is 66.3 Å². The Hall–Kier alpha value is -4.08. The van der Waals surface area contributed by atoms with E-state index in [1.807, 2.05) is 0 Å². The van der Waals surface area contributed by atoms with Gasteiger partial charge in [0.15, 0.2) is 5.78 Å². The Morgan fingerprint density at radius 1 is 1.14 bits per heavy atom. The van der Waals surface area contributed by atoms with E-state index in [4.69, 9.17) is 8.94 Å². The molecule has 10 heteroatoms. The van der Waals surface area contributed by atoms with Crippen molar-refractivity contribution in [2.75, 3.05) is 0 Å². The standard InChI is InChI=1S/C25H24FN5O4/c26-18-14-16(23-27-11-13-34-23)5-6-17(18)20-15-28-24(29-20)25(10-7-22(33)30-25)9-3-1-2-4-21(32)19-8-12-35-31-19/h5-6,8,11-15H,1-4,7,9-10H2,(H,28,29)(H,30,33)/t25-/m0/s1. The molecule has 3 aromatic heterocycles. The first-order valence-corrected chi connectivity index (χ1v) is 11.5. The number of benzene rings is 1. The number of hydrogen-bond donors (Lipinski definition) is 2. The molecule has 1 saturated heterocycles. The van der Waals surface area contributed by atoms with Crippen molar-refractivity contribution in [2.24, 2.45) is 0 Å². The number of carbonyl (C=O) groups is 2. The molecule has 35 heavy (non-hydrogen) atoms. The maximum atomic E-state index is 14.9. The van der Waals surface area contributed by atoms with Gasteiger partial charge < -0.3 is 19.2 Å². The second-order valence-corrected chi connectivity index (χ2v) is 8.68. The summed E-state index contributed by atoms with van der Waals surface area (Å²) >= 11 is 0. The number of carbonyl (C=O) groups excluding carboxylic acids is 2. The summed E-state index contributed by atoms with van der Waals surface area (Å²) in [5.74, 6) is 0.432. The quantitative estimate of drug-likeness (QED) is 0.248. The number of unbranched alkanes of at least 4 members (excludes halogenated alkanes) is 2. The number of amides is 1. The lowest BCUT2D eigenvalue weighted by atomic mass is 9.89. The molecule has 1 atom stereocenters. The fourth-order valence-electron chi connectivity index (χ4n) is 4.51. The number of ketones is 1. The Balaban J connectivity index is 1.26.